The van der Waals surface area contributed by atoms with Gasteiger partial charge < -0.3 is 32.3 Å². The second-order valence-corrected chi connectivity index (χ2v) is 11.7. The smallest absolute Gasteiger partial charge is 0.262 e. The van der Waals surface area contributed by atoms with Gasteiger partial charge in [0.1, 0.15) is 12.1 Å². The zero-order chi connectivity index (χ0) is 30.9. The molecule has 224 valence electrons. The summed E-state index contributed by atoms with van der Waals surface area (Å²) in [5.74, 6) is -3.65. The minimum Gasteiger partial charge on any atom is -0.370 e. The van der Waals surface area contributed by atoms with Crippen LogP contribution in [0.1, 0.15) is 32.2 Å². The molecular formula is C29H30N6O6S2. The first-order chi connectivity index (χ1) is 20.6. The molecule has 43 heavy (non-hydrogen) atoms. The molecule has 0 aliphatic heterocycles. The molecule has 0 radical (unpaired) electrons. The quantitative estimate of drug-likeness (QED) is 0.130. The van der Waals surface area contributed by atoms with Crippen molar-refractivity contribution >= 4 is 78.3 Å². The maximum Gasteiger partial charge on any atom is 0.262 e. The predicted octanol–water partition coefficient (Wildman–Crippen LogP) is 1.26. The summed E-state index contributed by atoms with van der Waals surface area (Å²) < 4.78 is 1.79. The highest BCUT2D eigenvalue weighted by Crippen LogP contribution is 2.26. The molecule has 0 saturated carbocycles. The van der Waals surface area contributed by atoms with Crippen LogP contribution in [-0.2, 0) is 19.2 Å². The normalized spacial score (nSPS) is 12.2. The van der Waals surface area contributed by atoms with E-state index < -0.39 is 47.5 Å². The molecule has 2 heterocycles. The molecule has 4 rings (SSSR count). The van der Waals surface area contributed by atoms with Crippen molar-refractivity contribution in [3.8, 4) is 0 Å². The minimum atomic E-state index is -1.31. The molecule has 7 N–H and O–H groups in total. The summed E-state index contributed by atoms with van der Waals surface area (Å²) in [4.78, 5) is 76.4. The largest absolute Gasteiger partial charge is 0.370 e. The molecule has 14 heteroatoms. The van der Waals surface area contributed by atoms with Crippen molar-refractivity contribution < 1.29 is 28.8 Å². The van der Waals surface area contributed by atoms with Gasteiger partial charge in [0.15, 0.2) is 0 Å². The van der Waals surface area contributed by atoms with Crippen molar-refractivity contribution in [1.29, 1.82) is 0 Å². The molecule has 0 aliphatic rings. The number of hydrogen-bond donors (Lipinski definition) is 6. The van der Waals surface area contributed by atoms with E-state index in [4.69, 9.17) is 5.73 Å². The second kappa shape index (κ2) is 14.4. The molecular weight excluding hydrogens is 592 g/mol. The van der Waals surface area contributed by atoms with Crippen LogP contribution in [0.2, 0.25) is 0 Å². The van der Waals surface area contributed by atoms with Crippen LogP contribution in [0, 0.1) is 0 Å². The first-order valence-electron chi connectivity index (χ1n) is 13.3. The van der Waals surface area contributed by atoms with Gasteiger partial charge in [0, 0.05) is 29.4 Å². The lowest BCUT2D eigenvalue weighted by Crippen LogP contribution is -2.57. The Hall–Kier alpha value is -4.82. The van der Waals surface area contributed by atoms with Gasteiger partial charge in [0.25, 0.3) is 11.8 Å². The van der Waals surface area contributed by atoms with Crippen LogP contribution in [0.5, 0.6) is 0 Å². The van der Waals surface area contributed by atoms with Gasteiger partial charge >= 0.3 is 0 Å². The van der Waals surface area contributed by atoms with Crippen LogP contribution >= 0.6 is 22.7 Å². The Morgan fingerprint density at radius 3 is 1.88 bits per heavy atom. The fourth-order valence-corrected chi connectivity index (χ4v) is 6.06. The molecule has 12 nitrogen and oxygen atoms in total. The van der Waals surface area contributed by atoms with Crippen LogP contribution in [0.3, 0.4) is 0 Å². The number of primary amides is 1. The van der Waals surface area contributed by atoms with E-state index in [1.165, 1.54) is 29.7 Å². The molecule has 4 aromatic rings. The number of carbonyl (C=O) groups is 6. The van der Waals surface area contributed by atoms with Gasteiger partial charge in [-0.15, -0.1) is 22.7 Å². The first-order valence-corrected chi connectivity index (χ1v) is 14.9. The van der Waals surface area contributed by atoms with Crippen LogP contribution in [0.15, 0.2) is 60.7 Å². The average molecular weight is 623 g/mol. The third-order valence-electron chi connectivity index (χ3n) is 6.40. The summed E-state index contributed by atoms with van der Waals surface area (Å²) in [6, 6.07) is 15.7. The summed E-state index contributed by atoms with van der Waals surface area (Å²) in [5.41, 5.74) is 5.30. The van der Waals surface area contributed by atoms with Gasteiger partial charge in [0.05, 0.1) is 16.3 Å². The van der Waals surface area contributed by atoms with Crippen molar-refractivity contribution in [1.82, 2.24) is 26.6 Å². The molecule has 6 amide bonds. The van der Waals surface area contributed by atoms with Gasteiger partial charge in [-0.3, -0.25) is 28.8 Å². The third-order valence-corrected chi connectivity index (χ3v) is 8.63. The highest BCUT2D eigenvalue weighted by Gasteiger charge is 2.28. The molecule has 2 aromatic heterocycles. The number of carbonyl (C=O) groups excluding carboxylic acids is 6. The van der Waals surface area contributed by atoms with Gasteiger partial charge in [-0.05, 0) is 41.5 Å². The number of fused-ring (bicyclic) bond motifs is 2. The summed E-state index contributed by atoms with van der Waals surface area (Å²) in [5, 5.41) is 14.4. The Morgan fingerprint density at radius 1 is 0.744 bits per heavy atom. The zero-order valence-corrected chi connectivity index (χ0v) is 24.7. The maximum absolute atomic E-state index is 13.4. The Balaban J connectivity index is 1.48. The fourth-order valence-electron chi connectivity index (χ4n) is 4.11. The molecule has 0 fully saturated rings. The molecule has 2 aromatic carbocycles. The summed E-state index contributed by atoms with van der Waals surface area (Å²) >= 11 is 2.51. The molecule has 0 unspecified atom stereocenters. The van der Waals surface area contributed by atoms with Crippen LogP contribution < -0.4 is 32.3 Å². The average Bonchev–Trinajstić information content (AvgIpc) is 3.64. The standard InChI is InChI=1S/C29H30N6O6S2/c1-31-25(37)15-33-26(38)19(14-32-28(40)22-12-16-6-2-4-8-20(16)42-22)35-27(39)18(10-11-24(30)36)34-29(41)23-13-17-7-3-5-9-21(17)43-23/h2-9,12-13,18-19H,10-11,14-15H2,1H3,(H2,30,36)(H,31,37)(H,32,40)(H,33,38)(H,34,41)(H,35,39)/t18-,19+/m0/s1. The number of rotatable bonds is 13. The highest BCUT2D eigenvalue weighted by molar-refractivity contribution is 7.21. The van der Waals surface area contributed by atoms with E-state index in [0.29, 0.717) is 9.75 Å². The molecule has 0 bridgehead atoms. The molecule has 0 spiro atoms. The number of benzene rings is 2. The van der Waals surface area contributed by atoms with Gasteiger partial charge in [-0.1, -0.05) is 36.4 Å². The lowest BCUT2D eigenvalue weighted by Gasteiger charge is -2.23. The van der Waals surface area contributed by atoms with Gasteiger partial charge in [-0.25, -0.2) is 0 Å². The molecule has 0 saturated heterocycles. The van der Waals surface area contributed by atoms with E-state index in [1.807, 2.05) is 48.5 Å². The Kier molecular flexibility index (Phi) is 10.4. The van der Waals surface area contributed by atoms with E-state index in [-0.39, 0.29) is 25.9 Å². The predicted molar refractivity (Wildman–Crippen MR) is 165 cm³/mol. The van der Waals surface area contributed by atoms with Gasteiger partial charge in [-0.2, -0.15) is 0 Å². The van der Waals surface area contributed by atoms with Crippen molar-refractivity contribution in [2.75, 3.05) is 20.1 Å². The van der Waals surface area contributed by atoms with Crippen LogP contribution in [0.4, 0.5) is 0 Å². The number of hydrogen-bond acceptors (Lipinski definition) is 8. The monoisotopic (exact) mass is 622 g/mol. The minimum absolute atomic E-state index is 0.126. The van der Waals surface area contributed by atoms with Crippen molar-refractivity contribution in [3.05, 3.63) is 70.4 Å². The van der Waals surface area contributed by atoms with Crippen LogP contribution in [0.25, 0.3) is 20.2 Å². The number of amides is 6. The number of thiophene rings is 2. The van der Waals surface area contributed by atoms with Gasteiger partial charge in [0.2, 0.25) is 23.6 Å². The summed E-state index contributed by atoms with van der Waals surface area (Å²) in [6.07, 6.45) is -0.334. The second-order valence-electron chi connectivity index (χ2n) is 9.49. The van der Waals surface area contributed by atoms with Crippen LogP contribution in [-0.4, -0.2) is 67.7 Å². The number of likely N-dealkylation sites (N-methyl/N-ethyl adjacent to an activating group) is 1. The number of nitrogens with one attached hydrogen (secondary N) is 5. The van der Waals surface area contributed by atoms with E-state index in [0.717, 1.165) is 20.2 Å². The fraction of sp³-hybridized carbons (Fsp3) is 0.241. The van der Waals surface area contributed by atoms with Crippen molar-refractivity contribution in [2.24, 2.45) is 5.73 Å². The number of nitrogens with two attached hydrogens (primary N) is 1. The lowest BCUT2D eigenvalue weighted by atomic mass is 10.1. The highest BCUT2D eigenvalue weighted by atomic mass is 32.1. The zero-order valence-electron chi connectivity index (χ0n) is 23.1. The Labute approximate surface area is 254 Å². The summed E-state index contributed by atoms with van der Waals surface area (Å²) in [6.45, 7) is -0.676. The molecule has 2 atom stereocenters. The van der Waals surface area contributed by atoms with E-state index in [2.05, 4.69) is 26.6 Å². The first kappa shape index (κ1) is 31.1. The van der Waals surface area contributed by atoms with E-state index >= 15 is 0 Å². The summed E-state index contributed by atoms with van der Waals surface area (Å²) in [7, 11) is 1.40. The van der Waals surface area contributed by atoms with Crippen molar-refractivity contribution in [3.63, 3.8) is 0 Å². The SMILES string of the molecule is CNC(=O)CNC(=O)[C@@H](CNC(=O)c1cc2ccccc2s1)NC(=O)[C@H](CCC(N)=O)NC(=O)c1cc2ccccc2s1. The third kappa shape index (κ3) is 8.36. The Morgan fingerprint density at radius 2 is 1.33 bits per heavy atom. The Bertz CT molecular complexity index is 1620. The van der Waals surface area contributed by atoms with E-state index in [1.54, 1.807) is 12.1 Å². The van der Waals surface area contributed by atoms with E-state index in [9.17, 15) is 28.8 Å². The molecule has 0 aliphatic carbocycles. The maximum atomic E-state index is 13.4. The van der Waals surface area contributed by atoms with Crippen molar-refractivity contribution in [2.45, 2.75) is 24.9 Å². The lowest BCUT2D eigenvalue weighted by molar-refractivity contribution is -0.131. The topological polar surface area (TPSA) is 189 Å².